The Morgan fingerprint density at radius 3 is 2.05 bits per heavy atom. The largest absolute Gasteiger partial charge is 0.444 e. The van der Waals surface area contributed by atoms with E-state index >= 15 is 0 Å². The maximum Gasteiger partial charge on any atom is 0.408 e. The molecule has 1 aliphatic carbocycles. The third-order valence-electron chi connectivity index (χ3n) is 7.08. The number of nitrogens with one attached hydrogen (secondary N) is 2. The topological polar surface area (TPSA) is 87.7 Å². The number of rotatable bonds is 8. The van der Waals surface area contributed by atoms with Crippen LogP contribution in [0.5, 0.6) is 0 Å². The Hall–Kier alpha value is -3.35. The van der Waals surface area contributed by atoms with E-state index in [1.807, 2.05) is 82.3 Å². The van der Waals surface area contributed by atoms with Crippen LogP contribution in [0.25, 0.3) is 0 Å². The summed E-state index contributed by atoms with van der Waals surface area (Å²) in [6.45, 7) is 13.1. The first kappa shape index (κ1) is 31.2. The molecule has 2 aromatic carbocycles. The first-order valence-corrected chi connectivity index (χ1v) is 14.5. The van der Waals surface area contributed by atoms with Crippen LogP contribution in [0.15, 0.2) is 54.6 Å². The Labute approximate surface area is 240 Å². The molecule has 3 rings (SSSR count). The van der Waals surface area contributed by atoms with E-state index in [1.165, 1.54) is 6.42 Å². The van der Waals surface area contributed by atoms with Crippen molar-refractivity contribution in [1.82, 2.24) is 15.5 Å². The zero-order valence-electron chi connectivity index (χ0n) is 25.3. The summed E-state index contributed by atoms with van der Waals surface area (Å²) in [5.74, 6) is -0.540. The SMILES string of the molecule is Cc1ccc(C(C(=O)NC2CCCCC2)N(C(=O)C(Cc2ccccc2)NC(=O)OC(C)(C)C)C(C)(C)C)cc1. The van der Waals surface area contributed by atoms with Gasteiger partial charge in [-0.3, -0.25) is 9.59 Å². The standard InChI is InChI=1S/C33H47N3O4/c1-23-18-20-25(21-19-23)28(29(37)34-26-16-12-9-13-17-26)36(32(2,3)4)30(38)27(22-24-14-10-8-11-15-24)35-31(39)40-33(5,6)7/h8,10-11,14-15,18-21,26-28H,9,12-13,16-17,22H2,1-7H3,(H,34,37)(H,35,39). The number of nitrogens with zero attached hydrogens (tertiary/aromatic N) is 1. The van der Waals surface area contributed by atoms with Crippen molar-refractivity contribution in [3.05, 3.63) is 71.3 Å². The molecule has 0 spiro atoms. The van der Waals surface area contributed by atoms with Gasteiger partial charge in [0.2, 0.25) is 11.8 Å². The summed E-state index contributed by atoms with van der Waals surface area (Å²) < 4.78 is 5.53. The molecule has 2 N–H and O–H groups in total. The lowest BCUT2D eigenvalue weighted by Gasteiger charge is -2.43. The van der Waals surface area contributed by atoms with Crippen molar-refractivity contribution in [2.75, 3.05) is 0 Å². The number of carbonyl (C=O) groups is 3. The minimum absolute atomic E-state index is 0.0890. The Bertz CT molecular complexity index is 1130. The molecule has 0 saturated heterocycles. The molecule has 218 valence electrons. The van der Waals surface area contributed by atoms with Crippen LogP contribution in [-0.4, -0.2) is 46.0 Å². The van der Waals surface area contributed by atoms with E-state index in [2.05, 4.69) is 10.6 Å². The van der Waals surface area contributed by atoms with Gasteiger partial charge in [-0.1, -0.05) is 79.4 Å². The molecule has 7 nitrogen and oxygen atoms in total. The summed E-state index contributed by atoms with van der Waals surface area (Å²) in [7, 11) is 0. The van der Waals surface area contributed by atoms with Crippen LogP contribution in [0, 0.1) is 6.92 Å². The van der Waals surface area contributed by atoms with Crippen molar-refractivity contribution in [2.24, 2.45) is 0 Å². The van der Waals surface area contributed by atoms with Gasteiger partial charge in [0, 0.05) is 18.0 Å². The van der Waals surface area contributed by atoms with E-state index in [9.17, 15) is 14.4 Å². The van der Waals surface area contributed by atoms with Gasteiger partial charge in [-0.25, -0.2) is 4.79 Å². The first-order valence-electron chi connectivity index (χ1n) is 14.5. The lowest BCUT2D eigenvalue weighted by molar-refractivity contribution is -0.148. The number of amides is 3. The monoisotopic (exact) mass is 549 g/mol. The predicted molar refractivity (Wildman–Crippen MR) is 159 cm³/mol. The number of hydrogen-bond acceptors (Lipinski definition) is 4. The van der Waals surface area contributed by atoms with E-state index in [1.54, 1.807) is 25.7 Å². The van der Waals surface area contributed by atoms with E-state index < -0.39 is 29.3 Å². The fraction of sp³-hybridized carbons (Fsp3) is 0.545. The van der Waals surface area contributed by atoms with Crippen LogP contribution in [0.3, 0.4) is 0 Å². The highest BCUT2D eigenvalue weighted by molar-refractivity contribution is 5.93. The average molecular weight is 550 g/mol. The fourth-order valence-corrected chi connectivity index (χ4v) is 5.21. The lowest BCUT2D eigenvalue weighted by atomic mass is 9.92. The normalized spacial score (nSPS) is 16.0. The zero-order valence-corrected chi connectivity index (χ0v) is 25.3. The van der Waals surface area contributed by atoms with Gasteiger partial charge in [0.25, 0.3) is 0 Å². The predicted octanol–water partition coefficient (Wildman–Crippen LogP) is 6.25. The smallest absolute Gasteiger partial charge is 0.408 e. The number of ether oxygens (including phenoxy) is 1. The quantitative estimate of drug-likeness (QED) is 0.408. The molecule has 2 unspecified atom stereocenters. The molecule has 0 bridgehead atoms. The van der Waals surface area contributed by atoms with Gasteiger partial charge in [-0.15, -0.1) is 0 Å². The van der Waals surface area contributed by atoms with Crippen molar-refractivity contribution < 1.29 is 19.1 Å². The molecule has 0 heterocycles. The van der Waals surface area contributed by atoms with Gasteiger partial charge in [0.15, 0.2) is 0 Å². The highest BCUT2D eigenvalue weighted by Crippen LogP contribution is 2.31. The van der Waals surface area contributed by atoms with Crippen molar-refractivity contribution in [3.8, 4) is 0 Å². The second-order valence-electron chi connectivity index (χ2n) is 12.9. The Morgan fingerprint density at radius 2 is 1.50 bits per heavy atom. The molecular formula is C33H47N3O4. The van der Waals surface area contributed by atoms with Crippen LogP contribution in [-0.2, 0) is 20.7 Å². The maximum absolute atomic E-state index is 14.5. The number of carbonyl (C=O) groups excluding carboxylic acids is 3. The van der Waals surface area contributed by atoms with Crippen molar-refractivity contribution in [3.63, 3.8) is 0 Å². The molecule has 1 saturated carbocycles. The van der Waals surface area contributed by atoms with Gasteiger partial charge in [-0.05, 0) is 72.4 Å². The molecule has 2 atom stereocenters. The third kappa shape index (κ3) is 9.10. The minimum atomic E-state index is -0.938. The highest BCUT2D eigenvalue weighted by Gasteiger charge is 2.42. The van der Waals surface area contributed by atoms with E-state index in [0.717, 1.165) is 42.4 Å². The average Bonchev–Trinajstić information content (AvgIpc) is 2.86. The van der Waals surface area contributed by atoms with Crippen LogP contribution < -0.4 is 10.6 Å². The molecule has 2 aromatic rings. The third-order valence-corrected chi connectivity index (χ3v) is 7.08. The number of alkyl carbamates (subject to hydrolysis) is 1. The maximum atomic E-state index is 14.5. The van der Waals surface area contributed by atoms with Crippen LogP contribution >= 0.6 is 0 Å². The molecular weight excluding hydrogens is 502 g/mol. The Balaban J connectivity index is 2.03. The molecule has 3 amide bonds. The number of hydrogen-bond donors (Lipinski definition) is 2. The van der Waals surface area contributed by atoms with Crippen molar-refractivity contribution in [2.45, 2.75) is 116 Å². The first-order chi connectivity index (χ1) is 18.7. The molecule has 1 aliphatic rings. The van der Waals surface area contributed by atoms with E-state index in [4.69, 9.17) is 4.74 Å². The Kier molecular flexibility index (Phi) is 10.4. The van der Waals surface area contributed by atoms with E-state index in [0.29, 0.717) is 0 Å². The number of aryl methyl sites for hydroxylation is 1. The van der Waals surface area contributed by atoms with E-state index in [-0.39, 0.29) is 24.3 Å². The summed E-state index contributed by atoms with van der Waals surface area (Å²) in [4.78, 5) is 43.2. The zero-order chi connectivity index (χ0) is 29.5. The fourth-order valence-electron chi connectivity index (χ4n) is 5.21. The van der Waals surface area contributed by atoms with Gasteiger partial charge in [0.1, 0.15) is 17.7 Å². The van der Waals surface area contributed by atoms with Gasteiger partial charge in [-0.2, -0.15) is 0 Å². The molecule has 1 fully saturated rings. The summed E-state index contributed by atoms with van der Waals surface area (Å²) in [5.41, 5.74) is 1.24. The summed E-state index contributed by atoms with van der Waals surface area (Å²) in [6, 6.07) is 15.6. The van der Waals surface area contributed by atoms with Gasteiger partial charge < -0.3 is 20.3 Å². The van der Waals surface area contributed by atoms with Crippen LogP contribution in [0.1, 0.15) is 96.4 Å². The molecule has 0 aromatic heterocycles. The lowest BCUT2D eigenvalue weighted by Crippen LogP contribution is -2.59. The van der Waals surface area contributed by atoms with Gasteiger partial charge in [0.05, 0.1) is 0 Å². The molecule has 0 aliphatic heterocycles. The second-order valence-corrected chi connectivity index (χ2v) is 12.9. The van der Waals surface area contributed by atoms with Crippen molar-refractivity contribution in [1.29, 1.82) is 0 Å². The van der Waals surface area contributed by atoms with Gasteiger partial charge >= 0.3 is 6.09 Å². The second kappa shape index (κ2) is 13.3. The minimum Gasteiger partial charge on any atom is -0.444 e. The summed E-state index contributed by atoms with van der Waals surface area (Å²) >= 11 is 0. The summed E-state index contributed by atoms with van der Waals surface area (Å²) in [5, 5.41) is 6.08. The Morgan fingerprint density at radius 1 is 0.900 bits per heavy atom. The van der Waals surface area contributed by atoms with Crippen molar-refractivity contribution >= 4 is 17.9 Å². The van der Waals surface area contributed by atoms with Crippen LogP contribution in [0.4, 0.5) is 4.79 Å². The summed E-state index contributed by atoms with van der Waals surface area (Å²) in [6.07, 6.45) is 4.81. The van der Waals surface area contributed by atoms with Crippen LogP contribution in [0.2, 0.25) is 0 Å². The molecule has 7 heteroatoms. The highest BCUT2D eigenvalue weighted by atomic mass is 16.6. The molecule has 0 radical (unpaired) electrons. The number of benzene rings is 2. The molecule has 40 heavy (non-hydrogen) atoms.